The number of methoxy groups -OCH3 is 1. The first-order valence-corrected chi connectivity index (χ1v) is 9.67. The van der Waals surface area contributed by atoms with Gasteiger partial charge in [-0.15, -0.1) is 0 Å². The highest BCUT2D eigenvalue weighted by atomic mass is 19.1. The summed E-state index contributed by atoms with van der Waals surface area (Å²) in [4.78, 5) is 13.0. The Morgan fingerprint density at radius 3 is 2.19 bits per heavy atom. The van der Waals surface area contributed by atoms with Gasteiger partial charge in [-0.05, 0) is 67.1 Å². The first-order chi connectivity index (χ1) is 15.0. The van der Waals surface area contributed by atoms with Crippen LogP contribution in [0.25, 0.3) is 16.9 Å². The Hall–Kier alpha value is -3.93. The molecule has 0 aliphatic rings. The van der Waals surface area contributed by atoms with Crippen molar-refractivity contribution in [1.82, 2.24) is 4.57 Å². The summed E-state index contributed by atoms with van der Waals surface area (Å²) in [7, 11) is 1.58. The molecule has 0 fully saturated rings. The van der Waals surface area contributed by atoms with E-state index in [1.54, 1.807) is 67.1 Å². The maximum absolute atomic E-state index is 14.7. The van der Waals surface area contributed by atoms with Crippen LogP contribution in [0.4, 0.5) is 14.5 Å². The Bertz CT molecular complexity index is 1250. The lowest BCUT2D eigenvalue weighted by Gasteiger charge is -2.13. The molecule has 1 aromatic heterocycles. The molecule has 31 heavy (non-hydrogen) atoms. The molecule has 0 saturated heterocycles. The van der Waals surface area contributed by atoms with Crippen LogP contribution in [0.3, 0.4) is 0 Å². The predicted molar refractivity (Wildman–Crippen MR) is 117 cm³/mol. The SMILES string of the molecule is COc1ccc(-c2cc(C(=O)Nc3ccccc3F)c(C)n2-c2ccccc2F)cc1. The molecule has 156 valence electrons. The van der Waals surface area contributed by atoms with Gasteiger partial charge < -0.3 is 14.6 Å². The Balaban J connectivity index is 1.84. The van der Waals surface area contributed by atoms with Crippen LogP contribution in [-0.4, -0.2) is 17.6 Å². The van der Waals surface area contributed by atoms with Crippen LogP contribution in [0.1, 0.15) is 16.1 Å². The van der Waals surface area contributed by atoms with Gasteiger partial charge >= 0.3 is 0 Å². The highest BCUT2D eigenvalue weighted by molar-refractivity contribution is 6.06. The molecule has 0 aliphatic carbocycles. The van der Waals surface area contributed by atoms with Crippen molar-refractivity contribution < 1.29 is 18.3 Å². The lowest BCUT2D eigenvalue weighted by Crippen LogP contribution is -2.14. The maximum atomic E-state index is 14.7. The number of carbonyl (C=O) groups excluding carboxylic acids is 1. The fraction of sp³-hybridized carbons (Fsp3) is 0.0800. The molecule has 0 radical (unpaired) electrons. The smallest absolute Gasteiger partial charge is 0.257 e. The van der Waals surface area contributed by atoms with Crippen molar-refractivity contribution >= 4 is 11.6 Å². The molecule has 0 unspecified atom stereocenters. The van der Waals surface area contributed by atoms with Gasteiger partial charge in [0.15, 0.2) is 0 Å². The Morgan fingerprint density at radius 2 is 1.55 bits per heavy atom. The molecule has 4 nitrogen and oxygen atoms in total. The number of benzene rings is 3. The van der Waals surface area contributed by atoms with Gasteiger partial charge in [-0.2, -0.15) is 0 Å². The zero-order valence-corrected chi connectivity index (χ0v) is 17.0. The number of rotatable bonds is 5. The summed E-state index contributed by atoms with van der Waals surface area (Å²) >= 11 is 0. The molecule has 0 atom stereocenters. The summed E-state index contributed by atoms with van der Waals surface area (Å²) < 4.78 is 35.6. The van der Waals surface area contributed by atoms with Crippen LogP contribution in [-0.2, 0) is 0 Å². The molecule has 0 bridgehead atoms. The fourth-order valence-corrected chi connectivity index (χ4v) is 3.51. The van der Waals surface area contributed by atoms with E-state index in [2.05, 4.69) is 5.32 Å². The number of aromatic nitrogens is 1. The molecule has 1 heterocycles. The molecule has 0 aliphatic heterocycles. The third kappa shape index (κ3) is 3.92. The van der Waals surface area contributed by atoms with Gasteiger partial charge in [-0.1, -0.05) is 24.3 Å². The standard InChI is InChI=1S/C25H20F2N2O2/c1-16-19(25(30)28-22-9-5-3-7-20(22)26)15-24(17-11-13-18(31-2)14-12-17)29(16)23-10-6-4-8-21(23)27/h3-15H,1-2H3,(H,28,30). The van der Waals surface area contributed by atoms with E-state index in [9.17, 15) is 13.6 Å². The van der Waals surface area contributed by atoms with Crippen molar-refractivity contribution in [2.75, 3.05) is 12.4 Å². The van der Waals surface area contributed by atoms with Crippen LogP contribution >= 0.6 is 0 Å². The molecule has 6 heteroatoms. The second-order valence-corrected chi connectivity index (χ2v) is 6.98. The molecular formula is C25H20F2N2O2. The molecule has 3 aromatic carbocycles. The van der Waals surface area contributed by atoms with E-state index < -0.39 is 17.5 Å². The van der Waals surface area contributed by atoms with Crippen LogP contribution in [0, 0.1) is 18.6 Å². The zero-order chi connectivity index (χ0) is 22.0. The minimum Gasteiger partial charge on any atom is -0.497 e. The molecule has 0 spiro atoms. The number of hydrogen-bond acceptors (Lipinski definition) is 2. The molecular weight excluding hydrogens is 398 g/mol. The Kier molecular flexibility index (Phi) is 5.54. The summed E-state index contributed by atoms with van der Waals surface area (Å²) in [6.45, 7) is 1.73. The Labute approximate surface area is 178 Å². The third-order valence-corrected chi connectivity index (χ3v) is 5.09. The molecule has 0 saturated carbocycles. The van der Waals surface area contributed by atoms with Gasteiger partial charge in [-0.25, -0.2) is 8.78 Å². The monoisotopic (exact) mass is 418 g/mol. The van der Waals surface area contributed by atoms with Crippen molar-refractivity contribution in [3.63, 3.8) is 0 Å². The van der Waals surface area contributed by atoms with E-state index >= 15 is 0 Å². The summed E-state index contributed by atoms with van der Waals surface area (Å²) in [5.74, 6) is -0.746. The molecule has 1 amide bonds. The summed E-state index contributed by atoms with van der Waals surface area (Å²) in [5.41, 5.74) is 2.65. The second-order valence-electron chi connectivity index (χ2n) is 6.98. The largest absolute Gasteiger partial charge is 0.497 e. The Morgan fingerprint density at radius 1 is 0.903 bits per heavy atom. The van der Waals surface area contributed by atoms with Crippen LogP contribution < -0.4 is 10.1 Å². The van der Waals surface area contributed by atoms with Crippen molar-refractivity contribution in [1.29, 1.82) is 0 Å². The minimum atomic E-state index is -0.530. The summed E-state index contributed by atoms with van der Waals surface area (Å²) in [6, 6.07) is 21.2. The number of halogens is 2. The van der Waals surface area contributed by atoms with E-state index in [1.165, 1.54) is 18.2 Å². The lowest BCUT2D eigenvalue weighted by molar-refractivity contribution is 0.102. The van der Waals surface area contributed by atoms with Gasteiger partial charge in [0.05, 0.1) is 29.7 Å². The highest BCUT2D eigenvalue weighted by Gasteiger charge is 2.22. The van der Waals surface area contributed by atoms with Gasteiger partial charge in [0.25, 0.3) is 5.91 Å². The van der Waals surface area contributed by atoms with E-state index in [4.69, 9.17) is 4.74 Å². The number of anilines is 1. The second kappa shape index (κ2) is 8.44. The maximum Gasteiger partial charge on any atom is 0.257 e. The topological polar surface area (TPSA) is 43.3 Å². The number of carbonyl (C=O) groups is 1. The molecule has 1 N–H and O–H groups in total. The number of amides is 1. The van der Waals surface area contributed by atoms with Gasteiger partial charge in [-0.3, -0.25) is 4.79 Å². The number of para-hydroxylation sites is 2. The first-order valence-electron chi connectivity index (χ1n) is 9.67. The van der Waals surface area contributed by atoms with Crippen LogP contribution in [0.15, 0.2) is 78.9 Å². The number of nitrogens with one attached hydrogen (secondary N) is 1. The fourth-order valence-electron chi connectivity index (χ4n) is 3.51. The van der Waals surface area contributed by atoms with Crippen molar-refractivity contribution in [3.05, 3.63) is 102 Å². The average molecular weight is 418 g/mol. The van der Waals surface area contributed by atoms with Crippen LogP contribution in [0.5, 0.6) is 5.75 Å². The third-order valence-electron chi connectivity index (χ3n) is 5.09. The first kappa shape index (κ1) is 20.3. The van der Waals surface area contributed by atoms with E-state index in [-0.39, 0.29) is 5.69 Å². The summed E-state index contributed by atoms with van der Waals surface area (Å²) in [6.07, 6.45) is 0. The van der Waals surface area contributed by atoms with Gasteiger partial charge in [0.2, 0.25) is 0 Å². The van der Waals surface area contributed by atoms with E-state index in [0.29, 0.717) is 28.4 Å². The normalized spacial score (nSPS) is 10.7. The van der Waals surface area contributed by atoms with Gasteiger partial charge in [0.1, 0.15) is 17.4 Å². The predicted octanol–water partition coefficient (Wildman–Crippen LogP) is 5.99. The van der Waals surface area contributed by atoms with Crippen LogP contribution in [0.2, 0.25) is 0 Å². The quantitative estimate of drug-likeness (QED) is 0.433. The van der Waals surface area contributed by atoms with E-state index in [0.717, 1.165) is 5.56 Å². The highest BCUT2D eigenvalue weighted by Crippen LogP contribution is 2.32. The number of nitrogens with zero attached hydrogens (tertiary/aromatic N) is 1. The van der Waals surface area contributed by atoms with E-state index in [1.807, 2.05) is 12.1 Å². The minimum absolute atomic E-state index is 0.0801. The lowest BCUT2D eigenvalue weighted by atomic mass is 10.1. The van der Waals surface area contributed by atoms with Crippen molar-refractivity contribution in [2.24, 2.45) is 0 Å². The number of ether oxygens (including phenoxy) is 1. The molecule has 4 rings (SSSR count). The number of hydrogen-bond donors (Lipinski definition) is 1. The molecule has 4 aromatic rings. The zero-order valence-electron chi connectivity index (χ0n) is 17.0. The summed E-state index contributed by atoms with van der Waals surface area (Å²) in [5, 5.41) is 2.60. The average Bonchev–Trinajstić information content (AvgIpc) is 3.13. The van der Waals surface area contributed by atoms with Crippen molar-refractivity contribution in [3.8, 4) is 22.7 Å². The van der Waals surface area contributed by atoms with Gasteiger partial charge in [0, 0.05) is 5.69 Å². The van der Waals surface area contributed by atoms with Crippen molar-refractivity contribution in [2.45, 2.75) is 6.92 Å².